The molecule has 0 radical (unpaired) electrons. The van der Waals surface area contributed by atoms with Crippen LogP contribution in [0.15, 0.2) is 12.2 Å². The van der Waals surface area contributed by atoms with Crippen molar-refractivity contribution in [2.24, 2.45) is 11.8 Å². The number of carbonyl (C=O) groups excluding carboxylic acids is 1. The maximum atomic E-state index is 11.8. The van der Waals surface area contributed by atoms with E-state index in [4.69, 9.17) is 4.74 Å². The van der Waals surface area contributed by atoms with Gasteiger partial charge in [-0.15, -0.1) is 0 Å². The summed E-state index contributed by atoms with van der Waals surface area (Å²) in [5, 5.41) is 0. The smallest absolute Gasteiger partial charge is 0.310 e. The van der Waals surface area contributed by atoms with E-state index >= 15 is 0 Å². The number of carbonyl (C=O) groups is 1. The molecule has 3 heteroatoms. The molecular formula is C15H25NO2. The Balaban J connectivity index is 1.79. The Morgan fingerprint density at radius 1 is 1.39 bits per heavy atom. The van der Waals surface area contributed by atoms with Crippen molar-refractivity contribution in [1.82, 2.24) is 4.90 Å². The lowest BCUT2D eigenvalue weighted by molar-refractivity contribution is -0.150. The Bertz CT molecular complexity index is 301. The third-order valence-electron chi connectivity index (χ3n) is 4.02. The predicted octanol–water partition coefficient (Wildman–Crippen LogP) is 2.62. The molecule has 0 aromatic heterocycles. The molecule has 0 saturated carbocycles. The molecule has 1 saturated heterocycles. The first-order chi connectivity index (χ1) is 8.79. The quantitative estimate of drug-likeness (QED) is 0.568. The Labute approximate surface area is 110 Å². The van der Waals surface area contributed by atoms with E-state index in [1.807, 2.05) is 6.92 Å². The summed E-state index contributed by atoms with van der Waals surface area (Å²) in [7, 11) is 0. The molecule has 1 aliphatic heterocycles. The normalized spacial score (nSPS) is 29.2. The summed E-state index contributed by atoms with van der Waals surface area (Å²) >= 11 is 0. The summed E-state index contributed by atoms with van der Waals surface area (Å²) in [5.41, 5.74) is 0. The third-order valence-corrected chi connectivity index (χ3v) is 4.02. The van der Waals surface area contributed by atoms with Gasteiger partial charge in [-0.05, 0) is 51.5 Å². The number of rotatable bonds is 4. The first-order valence-corrected chi connectivity index (χ1v) is 7.33. The van der Waals surface area contributed by atoms with Crippen molar-refractivity contribution in [3.63, 3.8) is 0 Å². The third kappa shape index (κ3) is 3.84. The van der Waals surface area contributed by atoms with E-state index in [2.05, 4.69) is 17.1 Å². The molecule has 2 rings (SSSR count). The van der Waals surface area contributed by atoms with Gasteiger partial charge < -0.3 is 9.64 Å². The van der Waals surface area contributed by atoms with Crippen molar-refractivity contribution in [1.29, 1.82) is 0 Å². The van der Waals surface area contributed by atoms with Crippen LogP contribution in [0.3, 0.4) is 0 Å². The molecule has 3 nitrogen and oxygen atoms in total. The van der Waals surface area contributed by atoms with Crippen molar-refractivity contribution in [3.05, 3.63) is 12.2 Å². The van der Waals surface area contributed by atoms with Gasteiger partial charge in [0.2, 0.25) is 0 Å². The lowest BCUT2D eigenvalue weighted by Gasteiger charge is -2.34. The average molecular weight is 251 g/mol. The van der Waals surface area contributed by atoms with Gasteiger partial charge in [-0.1, -0.05) is 12.2 Å². The zero-order chi connectivity index (χ0) is 12.8. The van der Waals surface area contributed by atoms with Crippen LogP contribution in [0, 0.1) is 11.8 Å². The van der Waals surface area contributed by atoms with Gasteiger partial charge in [0.25, 0.3) is 0 Å². The van der Waals surface area contributed by atoms with Crippen LogP contribution in [0.1, 0.15) is 39.0 Å². The summed E-state index contributed by atoms with van der Waals surface area (Å²) in [6, 6.07) is 0. The van der Waals surface area contributed by atoms with Gasteiger partial charge >= 0.3 is 5.97 Å². The van der Waals surface area contributed by atoms with Gasteiger partial charge in [0, 0.05) is 13.1 Å². The van der Waals surface area contributed by atoms with E-state index in [0.29, 0.717) is 6.61 Å². The van der Waals surface area contributed by atoms with E-state index in [9.17, 15) is 4.79 Å². The number of nitrogens with zero attached hydrogens (tertiary/aromatic N) is 1. The van der Waals surface area contributed by atoms with Gasteiger partial charge in [0.05, 0.1) is 12.5 Å². The lowest BCUT2D eigenvalue weighted by atomic mass is 9.91. The zero-order valence-electron chi connectivity index (χ0n) is 11.4. The molecule has 0 spiro atoms. The van der Waals surface area contributed by atoms with Crippen LogP contribution in [0.4, 0.5) is 0 Å². The molecular weight excluding hydrogens is 226 g/mol. The minimum atomic E-state index is 0.00531. The van der Waals surface area contributed by atoms with Crippen LogP contribution in [0.2, 0.25) is 0 Å². The zero-order valence-corrected chi connectivity index (χ0v) is 11.4. The maximum absolute atomic E-state index is 11.8. The van der Waals surface area contributed by atoms with E-state index in [-0.39, 0.29) is 11.9 Å². The molecule has 0 amide bonds. The molecule has 0 N–H and O–H groups in total. The second-order valence-electron chi connectivity index (χ2n) is 5.50. The van der Waals surface area contributed by atoms with Crippen LogP contribution in [0.25, 0.3) is 0 Å². The fourth-order valence-corrected chi connectivity index (χ4v) is 3.06. The number of allylic oxidation sites excluding steroid dienone is 2. The molecule has 1 fully saturated rings. The van der Waals surface area contributed by atoms with Crippen molar-refractivity contribution >= 4 is 5.97 Å². The summed E-state index contributed by atoms with van der Waals surface area (Å²) in [4.78, 5) is 14.2. The minimum absolute atomic E-state index is 0.00531. The molecule has 1 aliphatic carbocycles. The van der Waals surface area contributed by atoms with E-state index < -0.39 is 0 Å². The van der Waals surface area contributed by atoms with Gasteiger partial charge in [0.1, 0.15) is 0 Å². The SMILES string of the molecule is CCOC(=O)C1CCCN(CC2CC=CCC2)C1. The summed E-state index contributed by atoms with van der Waals surface area (Å²) < 4.78 is 5.14. The molecule has 0 aromatic rings. The second kappa shape index (κ2) is 6.93. The molecule has 2 atom stereocenters. The van der Waals surface area contributed by atoms with E-state index in [1.165, 1.54) is 19.3 Å². The highest BCUT2D eigenvalue weighted by Gasteiger charge is 2.27. The standard InChI is InChI=1S/C15H25NO2/c1-2-18-15(17)14-9-6-10-16(12-14)11-13-7-4-3-5-8-13/h3-4,13-14H,2,5-12H2,1H3. The summed E-state index contributed by atoms with van der Waals surface area (Å²) in [5.74, 6) is 0.902. The number of likely N-dealkylation sites (tertiary alicyclic amines) is 1. The lowest BCUT2D eigenvalue weighted by Crippen LogP contribution is -2.41. The van der Waals surface area contributed by atoms with Gasteiger partial charge in [-0.3, -0.25) is 4.79 Å². The molecule has 2 unspecified atom stereocenters. The van der Waals surface area contributed by atoms with E-state index in [1.54, 1.807) is 0 Å². The van der Waals surface area contributed by atoms with Gasteiger partial charge in [-0.25, -0.2) is 0 Å². The van der Waals surface area contributed by atoms with Crippen molar-refractivity contribution in [3.8, 4) is 0 Å². The Kier molecular flexibility index (Phi) is 5.24. The van der Waals surface area contributed by atoms with Crippen molar-refractivity contribution < 1.29 is 9.53 Å². The highest BCUT2D eigenvalue weighted by Crippen LogP contribution is 2.23. The predicted molar refractivity (Wildman–Crippen MR) is 72.3 cm³/mol. The fourth-order valence-electron chi connectivity index (χ4n) is 3.06. The summed E-state index contributed by atoms with van der Waals surface area (Å²) in [6.07, 6.45) is 10.5. The number of hydrogen-bond donors (Lipinski definition) is 0. The molecule has 102 valence electrons. The van der Waals surface area contributed by atoms with Crippen LogP contribution >= 0.6 is 0 Å². The molecule has 1 heterocycles. The Morgan fingerprint density at radius 3 is 3.00 bits per heavy atom. The number of ether oxygens (including phenoxy) is 1. The van der Waals surface area contributed by atoms with Crippen molar-refractivity contribution in [2.45, 2.75) is 39.0 Å². The number of hydrogen-bond acceptors (Lipinski definition) is 3. The second-order valence-corrected chi connectivity index (χ2v) is 5.50. The maximum Gasteiger partial charge on any atom is 0.310 e. The van der Waals surface area contributed by atoms with E-state index in [0.717, 1.165) is 38.4 Å². The fraction of sp³-hybridized carbons (Fsp3) is 0.800. The topological polar surface area (TPSA) is 29.5 Å². The largest absolute Gasteiger partial charge is 0.466 e. The van der Waals surface area contributed by atoms with Crippen LogP contribution < -0.4 is 0 Å². The van der Waals surface area contributed by atoms with Crippen molar-refractivity contribution in [2.75, 3.05) is 26.2 Å². The monoisotopic (exact) mass is 251 g/mol. The highest BCUT2D eigenvalue weighted by molar-refractivity contribution is 5.72. The number of esters is 1. The summed E-state index contributed by atoms with van der Waals surface area (Å²) in [6.45, 7) is 5.59. The first kappa shape index (κ1) is 13.6. The van der Waals surface area contributed by atoms with Gasteiger partial charge in [-0.2, -0.15) is 0 Å². The minimum Gasteiger partial charge on any atom is -0.466 e. The average Bonchev–Trinajstić information content (AvgIpc) is 2.40. The Hall–Kier alpha value is -0.830. The van der Waals surface area contributed by atoms with Crippen LogP contribution in [0.5, 0.6) is 0 Å². The molecule has 2 aliphatic rings. The van der Waals surface area contributed by atoms with Gasteiger partial charge in [0.15, 0.2) is 0 Å². The molecule has 0 bridgehead atoms. The molecule has 18 heavy (non-hydrogen) atoms. The first-order valence-electron chi connectivity index (χ1n) is 7.33. The van der Waals surface area contributed by atoms with Crippen LogP contribution in [-0.4, -0.2) is 37.1 Å². The van der Waals surface area contributed by atoms with Crippen LogP contribution in [-0.2, 0) is 9.53 Å². The molecule has 0 aromatic carbocycles. The Morgan fingerprint density at radius 2 is 2.28 bits per heavy atom. The highest BCUT2D eigenvalue weighted by atomic mass is 16.5. The number of piperidine rings is 1.